The SMILES string of the molecule is OCC[NH+]1CCCC1. The fraction of sp³-hybridized carbons (Fsp3) is 1.00. The van der Waals surface area contributed by atoms with Crippen LogP contribution in [-0.4, -0.2) is 31.3 Å². The Kier molecular flexibility index (Phi) is 2.30. The van der Waals surface area contributed by atoms with Gasteiger partial charge in [-0.25, -0.2) is 0 Å². The number of hydrogen-bond acceptors (Lipinski definition) is 1. The zero-order chi connectivity index (χ0) is 5.82. The highest BCUT2D eigenvalue weighted by atomic mass is 16.3. The smallest absolute Gasteiger partial charge is 0.101 e. The molecule has 0 aromatic carbocycles. The highest BCUT2D eigenvalue weighted by molar-refractivity contribution is 4.43. The predicted octanol–water partition coefficient (Wildman–Crippen LogP) is -1.34. The minimum absolute atomic E-state index is 0.356. The van der Waals surface area contributed by atoms with Crippen LogP contribution in [0.2, 0.25) is 0 Å². The van der Waals surface area contributed by atoms with Gasteiger partial charge in [0.15, 0.2) is 0 Å². The molecular formula is C6H14NO+. The Morgan fingerprint density at radius 1 is 1.25 bits per heavy atom. The molecule has 0 atom stereocenters. The van der Waals surface area contributed by atoms with E-state index in [0.29, 0.717) is 6.61 Å². The van der Waals surface area contributed by atoms with Crippen LogP contribution in [0.3, 0.4) is 0 Å². The van der Waals surface area contributed by atoms with Crippen LogP contribution in [0.4, 0.5) is 0 Å². The molecule has 0 spiro atoms. The van der Waals surface area contributed by atoms with Crippen molar-refractivity contribution in [3.63, 3.8) is 0 Å². The summed E-state index contributed by atoms with van der Waals surface area (Å²) in [4.78, 5) is 1.58. The molecule has 1 saturated heterocycles. The van der Waals surface area contributed by atoms with Gasteiger partial charge in [-0.15, -0.1) is 0 Å². The van der Waals surface area contributed by atoms with Crippen LogP contribution in [-0.2, 0) is 0 Å². The number of aliphatic hydroxyl groups is 1. The lowest BCUT2D eigenvalue weighted by Crippen LogP contribution is -3.10. The largest absolute Gasteiger partial charge is 0.391 e. The zero-order valence-electron chi connectivity index (χ0n) is 5.19. The lowest BCUT2D eigenvalue weighted by atomic mass is 10.4. The van der Waals surface area contributed by atoms with Gasteiger partial charge in [-0.1, -0.05) is 0 Å². The first-order valence-corrected chi connectivity index (χ1v) is 3.38. The highest BCUT2D eigenvalue weighted by Crippen LogP contribution is 1.86. The van der Waals surface area contributed by atoms with E-state index in [1.807, 2.05) is 0 Å². The molecule has 0 saturated carbocycles. The van der Waals surface area contributed by atoms with E-state index in [1.165, 1.54) is 25.9 Å². The van der Waals surface area contributed by atoms with Crippen molar-refractivity contribution in [1.82, 2.24) is 0 Å². The summed E-state index contributed by atoms with van der Waals surface area (Å²) in [7, 11) is 0. The van der Waals surface area contributed by atoms with Gasteiger partial charge >= 0.3 is 0 Å². The topological polar surface area (TPSA) is 24.7 Å². The molecule has 1 rings (SSSR count). The number of aliphatic hydroxyl groups excluding tert-OH is 1. The fourth-order valence-corrected chi connectivity index (χ4v) is 1.28. The fourth-order valence-electron chi connectivity index (χ4n) is 1.28. The van der Waals surface area contributed by atoms with Crippen molar-refractivity contribution < 1.29 is 10.0 Å². The second kappa shape index (κ2) is 3.05. The van der Waals surface area contributed by atoms with Gasteiger partial charge in [0, 0.05) is 12.8 Å². The number of hydrogen-bond donors (Lipinski definition) is 2. The van der Waals surface area contributed by atoms with Crippen LogP contribution in [0.5, 0.6) is 0 Å². The second-order valence-corrected chi connectivity index (χ2v) is 2.43. The third-order valence-corrected chi connectivity index (χ3v) is 1.78. The van der Waals surface area contributed by atoms with E-state index < -0.39 is 0 Å². The van der Waals surface area contributed by atoms with E-state index in [1.54, 1.807) is 4.90 Å². The quantitative estimate of drug-likeness (QED) is 0.458. The molecule has 0 aromatic heterocycles. The maximum absolute atomic E-state index is 8.51. The van der Waals surface area contributed by atoms with Crippen molar-refractivity contribution in [1.29, 1.82) is 0 Å². The summed E-state index contributed by atoms with van der Waals surface area (Å²) >= 11 is 0. The van der Waals surface area contributed by atoms with Crippen LogP contribution in [0.15, 0.2) is 0 Å². The van der Waals surface area contributed by atoms with Gasteiger partial charge in [0.25, 0.3) is 0 Å². The summed E-state index contributed by atoms with van der Waals surface area (Å²) in [6.45, 7) is 3.87. The van der Waals surface area contributed by atoms with E-state index in [9.17, 15) is 0 Å². The van der Waals surface area contributed by atoms with E-state index >= 15 is 0 Å². The third kappa shape index (κ3) is 1.46. The second-order valence-electron chi connectivity index (χ2n) is 2.43. The summed E-state index contributed by atoms with van der Waals surface area (Å²) < 4.78 is 0. The first-order chi connectivity index (χ1) is 3.93. The number of likely N-dealkylation sites (tertiary alicyclic amines) is 1. The van der Waals surface area contributed by atoms with Crippen molar-refractivity contribution in [2.24, 2.45) is 0 Å². The van der Waals surface area contributed by atoms with Crippen molar-refractivity contribution in [2.75, 3.05) is 26.2 Å². The predicted molar refractivity (Wildman–Crippen MR) is 31.9 cm³/mol. The Bertz CT molecular complexity index is 59.5. The van der Waals surface area contributed by atoms with Gasteiger partial charge in [-0.05, 0) is 0 Å². The molecular weight excluding hydrogens is 102 g/mol. The minimum Gasteiger partial charge on any atom is -0.391 e. The molecule has 2 nitrogen and oxygen atoms in total. The molecule has 8 heavy (non-hydrogen) atoms. The lowest BCUT2D eigenvalue weighted by molar-refractivity contribution is -0.887. The van der Waals surface area contributed by atoms with E-state index in [4.69, 9.17) is 5.11 Å². The monoisotopic (exact) mass is 116 g/mol. The first kappa shape index (κ1) is 6.05. The molecule has 0 bridgehead atoms. The van der Waals surface area contributed by atoms with Crippen molar-refractivity contribution in [2.45, 2.75) is 12.8 Å². The Labute approximate surface area is 50.1 Å². The van der Waals surface area contributed by atoms with Crippen LogP contribution in [0.1, 0.15) is 12.8 Å². The molecule has 1 fully saturated rings. The van der Waals surface area contributed by atoms with Gasteiger partial charge in [-0.2, -0.15) is 0 Å². The van der Waals surface area contributed by atoms with Crippen LogP contribution in [0.25, 0.3) is 0 Å². The standard InChI is InChI=1S/C6H13NO/c8-6-5-7-3-1-2-4-7/h8H,1-6H2/p+1. The molecule has 0 amide bonds. The van der Waals surface area contributed by atoms with Crippen LogP contribution in [0, 0.1) is 0 Å². The molecule has 0 radical (unpaired) electrons. The van der Waals surface area contributed by atoms with Crippen LogP contribution < -0.4 is 4.90 Å². The minimum atomic E-state index is 0.356. The highest BCUT2D eigenvalue weighted by Gasteiger charge is 2.12. The Morgan fingerprint density at radius 3 is 2.38 bits per heavy atom. The summed E-state index contributed by atoms with van der Waals surface area (Å²) in [5, 5.41) is 8.51. The van der Waals surface area contributed by atoms with Crippen molar-refractivity contribution >= 4 is 0 Å². The van der Waals surface area contributed by atoms with Crippen molar-refractivity contribution in [3.8, 4) is 0 Å². The molecule has 2 N–H and O–H groups in total. The summed E-state index contributed by atoms with van der Waals surface area (Å²) in [6.07, 6.45) is 2.71. The molecule has 48 valence electrons. The molecule has 1 aliphatic heterocycles. The molecule has 1 aliphatic rings. The van der Waals surface area contributed by atoms with Gasteiger partial charge < -0.3 is 10.0 Å². The Morgan fingerprint density at radius 2 is 1.88 bits per heavy atom. The molecule has 0 unspecified atom stereocenters. The van der Waals surface area contributed by atoms with E-state index in [2.05, 4.69) is 0 Å². The zero-order valence-corrected chi connectivity index (χ0v) is 5.19. The van der Waals surface area contributed by atoms with Gasteiger partial charge in [-0.3, -0.25) is 0 Å². The maximum atomic E-state index is 8.51. The van der Waals surface area contributed by atoms with Crippen LogP contribution >= 0.6 is 0 Å². The van der Waals surface area contributed by atoms with Gasteiger partial charge in [0.1, 0.15) is 6.54 Å². The molecule has 0 aliphatic carbocycles. The number of nitrogens with one attached hydrogen (secondary N) is 1. The maximum Gasteiger partial charge on any atom is 0.101 e. The third-order valence-electron chi connectivity index (χ3n) is 1.78. The van der Waals surface area contributed by atoms with E-state index in [0.717, 1.165) is 6.54 Å². The molecule has 1 heterocycles. The Hall–Kier alpha value is -0.0800. The summed E-state index contributed by atoms with van der Waals surface area (Å²) in [5.41, 5.74) is 0. The van der Waals surface area contributed by atoms with Gasteiger partial charge in [0.05, 0.1) is 19.7 Å². The Balaban J connectivity index is 2.06. The summed E-state index contributed by atoms with van der Waals surface area (Å²) in [6, 6.07) is 0. The van der Waals surface area contributed by atoms with Gasteiger partial charge in [0.2, 0.25) is 0 Å². The molecule has 0 aromatic rings. The average molecular weight is 116 g/mol. The van der Waals surface area contributed by atoms with Crippen molar-refractivity contribution in [3.05, 3.63) is 0 Å². The average Bonchev–Trinajstić information content (AvgIpc) is 2.19. The number of quaternary nitrogens is 1. The van der Waals surface area contributed by atoms with E-state index in [-0.39, 0.29) is 0 Å². The molecule has 2 heteroatoms. The lowest BCUT2D eigenvalue weighted by Gasteiger charge is -2.07. The normalized spacial score (nSPS) is 22.1. The number of rotatable bonds is 2. The first-order valence-electron chi connectivity index (χ1n) is 3.38. The summed E-state index contributed by atoms with van der Waals surface area (Å²) in [5.74, 6) is 0.